The number of fused-ring (bicyclic) bond motifs is 1. The van der Waals surface area contributed by atoms with Crippen LogP contribution in [0.3, 0.4) is 0 Å². The van der Waals surface area contributed by atoms with E-state index in [4.69, 9.17) is 0 Å². The molecule has 174 valence electrons. The average molecular weight is 478 g/mol. The molecule has 5 rings (SSSR count). The number of carbonyl (C=O) groups excluding carboxylic acids is 1. The number of para-hydroxylation sites is 2. The maximum atomic E-state index is 14.1. The van der Waals surface area contributed by atoms with Gasteiger partial charge >= 0.3 is 0 Å². The second-order valence-electron chi connectivity index (χ2n) is 8.19. The Balaban J connectivity index is 1.33. The lowest BCUT2D eigenvalue weighted by molar-refractivity contribution is -0.128. The summed E-state index contributed by atoms with van der Waals surface area (Å²) in [7, 11) is 0. The van der Waals surface area contributed by atoms with Crippen LogP contribution in [-0.2, 0) is 4.79 Å². The van der Waals surface area contributed by atoms with Crippen molar-refractivity contribution in [3.63, 3.8) is 0 Å². The van der Waals surface area contributed by atoms with Gasteiger partial charge in [0.15, 0.2) is 5.16 Å². The number of aromatic nitrogens is 3. The van der Waals surface area contributed by atoms with E-state index in [0.29, 0.717) is 53.7 Å². The third kappa shape index (κ3) is 4.31. The van der Waals surface area contributed by atoms with E-state index < -0.39 is 0 Å². The van der Waals surface area contributed by atoms with Crippen LogP contribution in [0.5, 0.6) is 0 Å². The first-order chi connectivity index (χ1) is 16.5. The van der Waals surface area contributed by atoms with Crippen LogP contribution < -0.4 is 10.5 Å². The molecule has 3 heterocycles. The Morgan fingerprint density at radius 1 is 1.06 bits per heavy atom. The summed E-state index contributed by atoms with van der Waals surface area (Å²) in [6, 6.07) is 17.8. The number of hydrogen-bond acceptors (Lipinski definition) is 5. The predicted octanol–water partition coefficient (Wildman–Crippen LogP) is 3.60. The maximum Gasteiger partial charge on any atom is 0.283 e. The zero-order valence-electron chi connectivity index (χ0n) is 18.7. The van der Waals surface area contributed by atoms with Gasteiger partial charge in [0.05, 0.1) is 22.6 Å². The number of thioether (sulfide) groups is 1. The monoisotopic (exact) mass is 477 g/mol. The molecule has 1 aliphatic heterocycles. The number of anilines is 1. The number of halogens is 1. The van der Waals surface area contributed by atoms with E-state index in [1.54, 1.807) is 21.6 Å². The van der Waals surface area contributed by atoms with Gasteiger partial charge in [-0.1, -0.05) is 42.1 Å². The van der Waals surface area contributed by atoms with E-state index in [1.807, 2.05) is 54.3 Å². The molecule has 34 heavy (non-hydrogen) atoms. The molecular formula is C25H24FN5O2S. The lowest BCUT2D eigenvalue weighted by Crippen LogP contribution is -2.49. The molecule has 0 atom stereocenters. The minimum atomic E-state index is -0.252. The number of aryl methyl sites for hydroxylation is 1. The number of nitrogens with one attached hydrogen (secondary N) is 1. The second kappa shape index (κ2) is 9.34. The molecule has 7 nitrogen and oxygen atoms in total. The zero-order valence-corrected chi connectivity index (χ0v) is 19.5. The summed E-state index contributed by atoms with van der Waals surface area (Å²) in [5.74, 6) is -0.121. The minimum Gasteiger partial charge on any atom is -0.366 e. The van der Waals surface area contributed by atoms with Gasteiger partial charge in [0.25, 0.3) is 5.56 Å². The van der Waals surface area contributed by atoms with Gasteiger partial charge in [-0.25, -0.2) is 9.37 Å². The molecule has 0 bridgehead atoms. The molecule has 4 aromatic rings. The number of rotatable bonds is 5. The van der Waals surface area contributed by atoms with Gasteiger partial charge in [0.2, 0.25) is 5.91 Å². The normalized spacial score (nSPS) is 14.1. The molecule has 0 spiro atoms. The van der Waals surface area contributed by atoms with Gasteiger partial charge in [-0.05, 0) is 37.3 Å². The van der Waals surface area contributed by atoms with E-state index in [1.165, 1.54) is 17.8 Å². The zero-order chi connectivity index (χ0) is 23.7. The number of piperazine rings is 1. The largest absolute Gasteiger partial charge is 0.366 e. The van der Waals surface area contributed by atoms with Crippen LogP contribution in [0.2, 0.25) is 0 Å². The number of amides is 1. The van der Waals surface area contributed by atoms with Crippen molar-refractivity contribution in [1.82, 2.24) is 19.4 Å². The summed E-state index contributed by atoms with van der Waals surface area (Å²) in [4.78, 5) is 37.8. The van der Waals surface area contributed by atoms with Crippen molar-refractivity contribution < 1.29 is 9.18 Å². The molecule has 2 aromatic carbocycles. The van der Waals surface area contributed by atoms with E-state index >= 15 is 0 Å². The van der Waals surface area contributed by atoms with E-state index in [9.17, 15) is 14.0 Å². The van der Waals surface area contributed by atoms with Gasteiger partial charge < -0.3 is 14.8 Å². The SMILES string of the molecule is Cc1cc2nc(SCC(=O)N3CCN(c4ccccc4F)CC3)n(-c3ccccc3)c(=O)c2[nH]1. The molecule has 1 saturated heterocycles. The molecule has 0 radical (unpaired) electrons. The summed E-state index contributed by atoms with van der Waals surface area (Å²) in [6.07, 6.45) is 0. The van der Waals surface area contributed by atoms with Crippen molar-refractivity contribution in [3.8, 4) is 5.69 Å². The molecule has 0 saturated carbocycles. The minimum absolute atomic E-state index is 0.0302. The summed E-state index contributed by atoms with van der Waals surface area (Å²) < 4.78 is 15.6. The van der Waals surface area contributed by atoms with Gasteiger partial charge in [0.1, 0.15) is 11.3 Å². The first-order valence-corrected chi connectivity index (χ1v) is 12.1. The van der Waals surface area contributed by atoms with E-state index in [0.717, 1.165) is 5.69 Å². The third-order valence-electron chi connectivity index (χ3n) is 5.92. The van der Waals surface area contributed by atoms with Gasteiger partial charge in [-0.2, -0.15) is 0 Å². The summed E-state index contributed by atoms with van der Waals surface area (Å²) in [6.45, 7) is 4.05. The van der Waals surface area contributed by atoms with E-state index in [-0.39, 0.29) is 23.0 Å². The number of benzene rings is 2. The van der Waals surface area contributed by atoms with Crippen LogP contribution >= 0.6 is 11.8 Å². The van der Waals surface area contributed by atoms with Crippen molar-refractivity contribution in [1.29, 1.82) is 0 Å². The summed E-state index contributed by atoms with van der Waals surface area (Å²) >= 11 is 1.25. The molecule has 1 fully saturated rings. The van der Waals surface area contributed by atoms with Crippen LogP contribution in [-0.4, -0.2) is 57.3 Å². The number of H-pyrrole nitrogens is 1. The van der Waals surface area contributed by atoms with Crippen LogP contribution in [0.1, 0.15) is 5.69 Å². The number of carbonyl (C=O) groups is 1. The van der Waals surface area contributed by atoms with E-state index in [2.05, 4.69) is 9.97 Å². The highest BCUT2D eigenvalue weighted by molar-refractivity contribution is 7.99. The molecule has 0 unspecified atom stereocenters. The Kier molecular flexibility index (Phi) is 6.10. The highest BCUT2D eigenvalue weighted by Gasteiger charge is 2.24. The van der Waals surface area contributed by atoms with Crippen LogP contribution in [0, 0.1) is 12.7 Å². The van der Waals surface area contributed by atoms with Crippen molar-refractivity contribution in [3.05, 3.63) is 82.5 Å². The highest BCUT2D eigenvalue weighted by Crippen LogP contribution is 2.23. The summed E-state index contributed by atoms with van der Waals surface area (Å²) in [5.41, 5.74) is 2.95. The fraction of sp³-hybridized carbons (Fsp3) is 0.240. The number of nitrogens with zero attached hydrogens (tertiary/aromatic N) is 4. The van der Waals surface area contributed by atoms with Crippen molar-refractivity contribution >= 4 is 34.4 Å². The Morgan fingerprint density at radius 3 is 2.50 bits per heavy atom. The smallest absolute Gasteiger partial charge is 0.283 e. The van der Waals surface area contributed by atoms with Gasteiger partial charge in [-0.15, -0.1) is 0 Å². The van der Waals surface area contributed by atoms with Crippen LogP contribution in [0.25, 0.3) is 16.7 Å². The molecule has 1 N–H and O–H groups in total. The standard InChI is InChI=1S/C25H24FN5O2S/c1-17-15-20-23(27-17)24(33)31(18-7-3-2-4-8-18)25(28-20)34-16-22(32)30-13-11-29(12-14-30)21-10-6-5-9-19(21)26/h2-10,15,27H,11-14,16H2,1H3. The van der Waals surface area contributed by atoms with Crippen molar-refractivity contribution in [2.75, 3.05) is 36.8 Å². The predicted molar refractivity (Wildman–Crippen MR) is 132 cm³/mol. The highest BCUT2D eigenvalue weighted by atomic mass is 32.2. The Labute approximate surface area is 200 Å². The molecule has 1 aliphatic rings. The first kappa shape index (κ1) is 22.2. The fourth-order valence-electron chi connectivity index (χ4n) is 4.20. The maximum absolute atomic E-state index is 14.1. The third-order valence-corrected chi connectivity index (χ3v) is 6.84. The first-order valence-electron chi connectivity index (χ1n) is 11.1. The van der Waals surface area contributed by atoms with Gasteiger partial charge in [-0.3, -0.25) is 14.2 Å². The quantitative estimate of drug-likeness (QED) is 0.351. The molecular weight excluding hydrogens is 453 g/mol. The number of aromatic amines is 1. The second-order valence-corrected chi connectivity index (χ2v) is 9.13. The Bertz CT molecular complexity index is 1390. The number of hydrogen-bond donors (Lipinski definition) is 1. The van der Waals surface area contributed by atoms with Crippen molar-refractivity contribution in [2.45, 2.75) is 12.1 Å². The van der Waals surface area contributed by atoms with Crippen LogP contribution in [0.4, 0.5) is 10.1 Å². The Morgan fingerprint density at radius 2 is 1.76 bits per heavy atom. The molecule has 1 amide bonds. The Hall–Kier alpha value is -3.59. The molecule has 0 aliphatic carbocycles. The lowest BCUT2D eigenvalue weighted by atomic mass is 10.2. The van der Waals surface area contributed by atoms with Crippen LogP contribution in [0.15, 0.2) is 70.6 Å². The lowest BCUT2D eigenvalue weighted by Gasteiger charge is -2.36. The average Bonchev–Trinajstić information content (AvgIpc) is 3.24. The summed E-state index contributed by atoms with van der Waals surface area (Å²) in [5, 5.41) is 0.473. The topological polar surface area (TPSA) is 74.2 Å². The van der Waals surface area contributed by atoms with Gasteiger partial charge in [0, 0.05) is 31.9 Å². The van der Waals surface area contributed by atoms with Crippen molar-refractivity contribution in [2.24, 2.45) is 0 Å². The molecule has 2 aromatic heterocycles. The molecule has 9 heteroatoms. The fourth-order valence-corrected chi connectivity index (χ4v) is 5.12.